The average molecular weight is 287 g/mol. The molecule has 0 bridgehead atoms. The summed E-state index contributed by atoms with van der Waals surface area (Å²) in [7, 11) is 3.12. The van der Waals surface area contributed by atoms with Gasteiger partial charge < -0.3 is 10.1 Å². The summed E-state index contributed by atoms with van der Waals surface area (Å²) >= 11 is 0. The molecule has 0 saturated heterocycles. The second-order valence-corrected chi connectivity index (χ2v) is 4.69. The Bertz CT molecular complexity index is 687. The summed E-state index contributed by atoms with van der Waals surface area (Å²) in [4.78, 5) is 23.6. The quantitative estimate of drug-likeness (QED) is 0.877. The standard InChI is InChI=1S/C15H17N3O3/c1-9-13(10(2)18(3)17-9)14(19)16-12-7-5-11(6-8-12)15(20)21-4/h5-8H,1-4H3,(H,16,19). The Balaban J connectivity index is 2.18. The Morgan fingerprint density at radius 1 is 1.19 bits per heavy atom. The van der Waals surface area contributed by atoms with Gasteiger partial charge in [0.2, 0.25) is 0 Å². The predicted octanol–water partition coefficient (Wildman–Crippen LogP) is 2.08. The Labute approximate surface area is 122 Å². The van der Waals surface area contributed by atoms with Crippen molar-refractivity contribution < 1.29 is 14.3 Å². The summed E-state index contributed by atoms with van der Waals surface area (Å²) in [5.74, 6) is -0.629. The van der Waals surface area contributed by atoms with E-state index < -0.39 is 5.97 Å². The van der Waals surface area contributed by atoms with E-state index in [2.05, 4.69) is 15.2 Å². The third kappa shape index (κ3) is 2.94. The Morgan fingerprint density at radius 2 is 1.81 bits per heavy atom. The molecule has 1 heterocycles. The van der Waals surface area contributed by atoms with Gasteiger partial charge in [0.1, 0.15) is 0 Å². The summed E-state index contributed by atoms with van der Waals surface area (Å²) in [6.07, 6.45) is 0. The molecule has 6 heteroatoms. The number of esters is 1. The van der Waals surface area contributed by atoms with Crippen molar-refractivity contribution in [3.8, 4) is 0 Å². The molecule has 2 aromatic rings. The molecule has 0 atom stereocenters. The van der Waals surface area contributed by atoms with Crippen LogP contribution < -0.4 is 5.32 Å². The minimum absolute atomic E-state index is 0.219. The van der Waals surface area contributed by atoms with Gasteiger partial charge in [-0.2, -0.15) is 5.10 Å². The number of carbonyl (C=O) groups excluding carboxylic acids is 2. The molecule has 1 N–H and O–H groups in total. The molecule has 0 fully saturated rings. The van der Waals surface area contributed by atoms with Crippen LogP contribution in [0.25, 0.3) is 0 Å². The highest BCUT2D eigenvalue weighted by atomic mass is 16.5. The van der Waals surface area contributed by atoms with Crippen molar-refractivity contribution in [2.45, 2.75) is 13.8 Å². The van der Waals surface area contributed by atoms with Gasteiger partial charge in [-0.05, 0) is 38.1 Å². The fraction of sp³-hybridized carbons (Fsp3) is 0.267. The molecule has 0 radical (unpaired) electrons. The minimum atomic E-state index is -0.410. The van der Waals surface area contributed by atoms with E-state index in [0.29, 0.717) is 22.5 Å². The number of anilines is 1. The maximum absolute atomic E-state index is 12.3. The van der Waals surface area contributed by atoms with E-state index >= 15 is 0 Å². The van der Waals surface area contributed by atoms with E-state index in [4.69, 9.17) is 0 Å². The van der Waals surface area contributed by atoms with Crippen LogP contribution in [0.15, 0.2) is 24.3 Å². The molecule has 0 saturated carbocycles. The SMILES string of the molecule is COC(=O)c1ccc(NC(=O)c2c(C)nn(C)c2C)cc1. The van der Waals surface area contributed by atoms with E-state index in [1.165, 1.54) is 7.11 Å². The van der Waals surface area contributed by atoms with Crippen LogP contribution >= 0.6 is 0 Å². The monoisotopic (exact) mass is 287 g/mol. The normalized spacial score (nSPS) is 10.3. The highest BCUT2D eigenvalue weighted by Gasteiger charge is 2.17. The van der Waals surface area contributed by atoms with Crippen molar-refractivity contribution in [3.05, 3.63) is 46.8 Å². The first-order valence-corrected chi connectivity index (χ1v) is 6.44. The van der Waals surface area contributed by atoms with Gasteiger partial charge >= 0.3 is 5.97 Å². The van der Waals surface area contributed by atoms with Crippen LogP contribution in [0.1, 0.15) is 32.1 Å². The Kier molecular flexibility index (Phi) is 4.07. The molecule has 21 heavy (non-hydrogen) atoms. The van der Waals surface area contributed by atoms with E-state index in [9.17, 15) is 9.59 Å². The Morgan fingerprint density at radius 3 is 2.29 bits per heavy atom. The fourth-order valence-corrected chi connectivity index (χ4v) is 2.10. The summed E-state index contributed by atoms with van der Waals surface area (Å²) in [5.41, 5.74) is 3.09. The van der Waals surface area contributed by atoms with Gasteiger partial charge in [-0.3, -0.25) is 9.48 Å². The lowest BCUT2D eigenvalue weighted by atomic mass is 10.1. The smallest absolute Gasteiger partial charge is 0.337 e. The number of nitrogens with zero attached hydrogens (tertiary/aromatic N) is 2. The first-order chi connectivity index (χ1) is 9.93. The highest BCUT2D eigenvalue weighted by Crippen LogP contribution is 2.16. The third-order valence-corrected chi connectivity index (χ3v) is 3.30. The molecule has 0 unspecified atom stereocenters. The van der Waals surface area contributed by atoms with Gasteiger partial charge in [-0.1, -0.05) is 0 Å². The first-order valence-electron chi connectivity index (χ1n) is 6.44. The summed E-state index contributed by atoms with van der Waals surface area (Å²) < 4.78 is 6.29. The van der Waals surface area contributed by atoms with Gasteiger partial charge in [0.25, 0.3) is 5.91 Å². The molecule has 1 aromatic heterocycles. The molecule has 0 aliphatic carbocycles. The van der Waals surface area contributed by atoms with E-state index in [0.717, 1.165) is 5.69 Å². The lowest BCUT2D eigenvalue weighted by Gasteiger charge is -2.06. The number of carbonyl (C=O) groups is 2. The van der Waals surface area contributed by atoms with Crippen molar-refractivity contribution in [1.82, 2.24) is 9.78 Å². The van der Waals surface area contributed by atoms with Gasteiger partial charge in [0.05, 0.1) is 23.9 Å². The van der Waals surface area contributed by atoms with Gasteiger partial charge in [0.15, 0.2) is 0 Å². The summed E-state index contributed by atoms with van der Waals surface area (Å²) in [5, 5.41) is 7.01. The number of amides is 1. The van der Waals surface area contributed by atoms with Crippen LogP contribution in [0.3, 0.4) is 0 Å². The molecule has 1 aromatic carbocycles. The molecule has 2 rings (SSSR count). The number of hydrogen-bond donors (Lipinski definition) is 1. The maximum Gasteiger partial charge on any atom is 0.337 e. The van der Waals surface area contributed by atoms with Gasteiger partial charge in [-0.25, -0.2) is 4.79 Å². The van der Waals surface area contributed by atoms with Crippen LogP contribution in [0, 0.1) is 13.8 Å². The highest BCUT2D eigenvalue weighted by molar-refractivity contribution is 6.06. The lowest BCUT2D eigenvalue weighted by Crippen LogP contribution is -2.14. The topological polar surface area (TPSA) is 73.2 Å². The zero-order valence-electron chi connectivity index (χ0n) is 12.4. The number of methoxy groups -OCH3 is 1. The third-order valence-electron chi connectivity index (χ3n) is 3.30. The molecular formula is C15H17N3O3. The second-order valence-electron chi connectivity index (χ2n) is 4.69. The lowest BCUT2D eigenvalue weighted by molar-refractivity contribution is 0.0600. The largest absolute Gasteiger partial charge is 0.465 e. The number of aryl methyl sites for hydroxylation is 2. The molecular weight excluding hydrogens is 270 g/mol. The zero-order chi connectivity index (χ0) is 15.6. The molecule has 110 valence electrons. The number of hydrogen-bond acceptors (Lipinski definition) is 4. The van der Waals surface area contributed by atoms with E-state index in [1.807, 2.05) is 6.92 Å². The van der Waals surface area contributed by atoms with Crippen molar-refractivity contribution in [3.63, 3.8) is 0 Å². The number of rotatable bonds is 3. The van der Waals surface area contributed by atoms with Crippen LogP contribution in [0.2, 0.25) is 0 Å². The first kappa shape index (κ1) is 14.8. The van der Waals surface area contributed by atoms with Gasteiger partial charge in [-0.15, -0.1) is 0 Å². The molecule has 0 spiro atoms. The molecule has 0 aliphatic heterocycles. The fourth-order valence-electron chi connectivity index (χ4n) is 2.10. The average Bonchev–Trinajstić information content (AvgIpc) is 2.72. The Hall–Kier alpha value is -2.63. The van der Waals surface area contributed by atoms with Crippen LogP contribution in [0.4, 0.5) is 5.69 Å². The molecule has 1 amide bonds. The van der Waals surface area contributed by atoms with Gasteiger partial charge in [0, 0.05) is 18.4 Å². The number of ether oxygens (including phenoxy) is 1. The second kappa shape index (κ2) is 5.78. The minimum Gasteiger partial charge on any atom is -0.465 e. The van der Waals surface area contributed by atoms with Crippen molar-refractivity contribution >= 4 is 17.6 Å². The number of nitrogens with one attached hydrogen (secondary N) is 1. The number of benzene rings is 1. The molecule has 6 nitrogen and oxygen atoms in total. The van der Waals surface area contributed by atoms with Crippen molar-refractivity contribution in [2.75, 3.05) is 12.4 Å². The van der Waals surface area contributed by atoms with Crippen molar-refractivity contribution in [2.24, 2.45) is 7.05 Å². The molecule has 0 aliphatic rings. The zero-order valence-corrected chi connectivity index (χ0v) is 12.4. The van der Waals surface area contributed by atoms with Crippen LogP contribution in [0.5, 0.6) is 0 Å². The van der Waals surface area contributed by atoms with Crippen LogP contribution in [-0.2, 0) is 11.8 Å². The summed E-state index contributed by atoms with van der Waals surface area (Å²) in [6, 6.07) is 6.52. The van der Waals surface area contributed by atoms with E-state index in [-0.39, 0.29) is 5.91 Å². The predicted molar refractivity (Wildman–Crippen MR) is 78.4 cm³/mol. The van der Waals surface area contributed by atoms with Crippen molar-refractivity contribution in [1.29, 1.82) is 0 Å². The summed E-state index contributed by atoms with van der Waals surface area (Å²) in [6.45, 7) is 3.64. The number of aromatic nitrogens is 2. The van der Waals surface area contributed by atoms with E-state index in [1.54, 1.807) is 42.9 Å². The maximum atomic E-state index is 12.3. The van der Waals surface area contributed by atoms with Crippen LogP contribution in [-0.4, -0.2) is 28.8 Å².